The molecule has 0 saturated heterocycles. The fraction of sp³-hybridized carbons (Fsp3) is 1.00. The minimum Gasteiger partial charge on any atom is -1.00 e. The van der Waals surface area contributed by atoms with Crippen LogP contribution in [0.25, 0.3) is 0 Å². The van der Waals surface area contributed by atoms with Gasteiger partial charge in [0.05, 0.1) is 22.1 Å². The first-order valence-corrected chi connectivity index (χ1v) is 21.5. The number of nitrogens with zero attached hydrogens (tertiary/aromatic N) is 2. The van der Waals surface area contributed by atoms with Crippen molar-refractivity contribution in [2.45, 2.75) is 22.1 Å². The molecule has 0 aliphatic heterocycles. The van der Waals surface area contributed by atoms with Gasteiger partial charge in [0, 0.05) is 13.1 Å². The van der Waals surface area contributed by atoms with E-state index >= 15 is 0 Å². The smallest absolute Gasteiger partial charge is 1.00 e. The Morgan fingerprint density at radius 1 is 0.263 bits per heavy atom. The monoisotopic (exact) mass is 1150 g/mol. The summed E-state index contributed by atoms with van der Waals surface area (Å²) in [6, 6.07) is 0. The molecule has 0 rings (SSSR count). The van der Waals surface area contributed by atoms with Crippen LogP contribution in [-0.2, 0) is 36.5 Å². The van der Waals surface area contributed by atoms with E-state index in [2.05, 4.69) is 0 Å². The molecule has 0 aromatic rings. The first kappa shape index (κ1) is 127. The Morgan fingerprint density at radius 2 is 0.333 bits per heavy atom. The molecule has 0 amide bonds. The van der Waals surface area contributed by atoms with E-state index in [9.17, 15) is 115 Å². The van der Waals surface area contributed by atoms with Gasteiger partial charge in [0.25, 0.3) is 0 Å². The fourth-order valence-corrected chi connectivity index (χ4v) is 14.4. The van der Waals surface area contributed by atoms with Crippen molar-refractivity contribution >= 4 is 98.5 Å². The van der Waals surface area contributed by atoms with Gasteiger partial charge in [-0.1, -0.05) is 0 Å². The summed E-state index contributed by atoms with van der Waals surface area (Å²) in [6.07, 6.45) is 0. The Kier molecular flexibility index (Phi) is 119. The molecule has 57 heavy (non-hydrogen) atoms. The molecule has 0 unspecified atom stereocenters. The van der Waals surface area contributed by atoms with Gasteiger partial charge in [-0.15, -0.1) is 0 Å². The quantitative estimate of drug-likeness (QED) is 0.109. The molecular weight excluding hydrogens is 1140 g/mol. The van der Waals surface area contributed by atoms with Crippen molar-refractivity contribution in [2.24, 2.45) is 0 Å². The van der Waals surface area contributed by atoms with E-state index in [4.69, 9.17) is 0 Å². The van der Waals surface area contributed by atoms with E-state index in [0.29, 0.717) is 0 Å². The molecule has 0 bridgehead atoms. The third-order valence-corrected chi connectivity index (χ3v) is 17.8. The maximum Gasteiger partial charge on any atom is 2.00 e. The van der Waals surface area contributed by atoms with Gasteiger partial charge in [-0.05, 0) is 60.8 Å². The van der Waals surface area contributed by atoms with Crippen LogP contribution in [-0.4, -0.2) is 82.7 Å². The molecule has 0 aromatic heterocycles. The van der Waals surface area contributed by atoms with E-state index in [1.165, 1.54) is 0 Å². The van der Waals surface area contributed by atoms with Gasteiger partial charge in [0.15, 0.2) is 0 Å². The van der Waals surface area contributed by atoms with Gasteiger partial charge in [-0.2, -0.15) is 0 Å². The second-order valence-electron chi connectivity index (χ2n) is 7.18. The van der Waals surface area contributed by atoms with Gasteiger partial charge in [-0.25, -0.2) is 0 Å². The van der Waals surface area contributed by atoms with Crippen molar-refractivity contribution in [2.75, 3.05) is 13.1 Å². The fourth-order valence-electron chi connectivity index (χ4n) is 3.08. The number of rotatable bonds is 15. The predicted octanol–water partition coefficient (Wildman–Crippen LogP) is -62.1. The molecule has 0 aliphatic rings. The van der Waals surface area contributed by atoms with Crippen LogP contribution < -0.4 is 551 Å². The molecule has 0 heterocycles. The third-order valence-electron chi connectivity index (χ3n) is 4.07. The molecular formula is C6H10CaN2Na16O24P8. The first-order chi connectivity index (χ1) is 17.0. The van der Waals surface area contributed by atoms with Crippen molar-refractivity contribution in [3.05, 3.63) is 0 Å². The predicted molar refractivity (Wildman–Crippen MR) is 97.4 cm³/mol. The third kappa shape index (κ3) is 51.0. The molecule has 51 heteroatoms. The molecule has 0 aliphatic carbocycles. The van der Waals surface area contributed by atoms with Crippen LogP contribution in [0.15, 0.2) is 0 Å². The summed E-state index contributed by atoms with van der Waals surface area (Å²) in [5.41, 5.74) is -18.9. The van der Waals surface area contributed by atoms with E-state index in [1.807, 2.05) is 0 Å². The summed E-state index contributed by atoms with van der Waals surface area (Å²) >= 11 is 0. The van der Waals surface area contributed by atoms with Gasteiger partial charge in [0.1, 0.15) is 0 Å². The molecule has 0 spiro atoms. The zero-order valence-corrected chi connectivity index (χ0v) is 76.1. The van der Waals surface area contributed by atoms with Gasteiger partial charge in [-0.3, -0.25) is 9.80 Å². The zero-order chi connectivity index (χ0) is 32.9. The Morgan fingerprint density at radius 3 is 0.386 bits per heavy atom. The Labute approximate surface area is 714 Å². The second kappa shape index (κ2) is 53.7. The van der Waals surface area contributed by atoms with E-state index < -0.39 is 106 Å². The Bertz CT molecular complexity index is 1080. The van der Waals surface area contributed by atoms with Crippen LogP contribution in [0.5, 0.6) is 0 Å². The van der Waals surface area contributed by atoms with Crippen LogP contribution in [0.1, 0.15) is 2.85 Å². The van der Waals surface area contributed by atoms with Crippen LogP contribution in [0, 0.1) is 0 Å². The normalized spacial score (nSPS) is 11.1. The summed E-state index contributed by atoms with van der Waals surface area (Å²) in [6.45, 7) is -5.62. The van der Waals surface area contributed by atoms with Crippen LogP contribution in [0.2, 0.25) is 0 Å². The Balaban J connectivity index is -0.0000000445. The topological polar surface area (TPSA) is 512 Å². The standard InChI is InChI=1S/C6H24N2O24P8.Ca.16Na.2H/c9-33(10,11)3(34(12,13)14)7(4(35(15,16)17)36(18,19)20)1-2-8(5(37(21,22)23)38(24,25)26)6(39(27,28)29)40(30,31)32;;;;;;;;;;;;;;;;;;;/h3-6H,1-2H2,(H2,9,10,11)(H2,12,13,14)(H2,15,16,17)(H2,18,19,20)(H2,21,22,23)(H2,24,25,26)(H2,27,28,29)(H2,30,31,32);;;;;;;;;;;;;;;;;;;/q;+2;16*+1;2*-1/p-16. The molecule has 0 radical (unpaired) electrons. The summed E-state index contributed by atoms with van der Waals surface area (Å²) < 4.78 is 91.3. The van der Waals surface area contributed by atoms with Crippen molar-refractivity contribution in [1.82, 2.24) is 9.80 Å². The van der Waals surface area contributed by atoms with Crippen molar-refractivity contribution < 1.29 is 591 Å². The van der Waals surface area contributed by atoms with Crippen LogP contribution >= 0.6 is 60.8 Å². The van der Waals surface area contributed by atoms with Gasteiger partial charge >= 0.3 is 511 Å². The molecule has 0 fully saturated rings. The molecule has 26 nitrogen and oxygen atoms in total. The second-order valence-corrected chi connectivity index (χ2v) is 21.4. The summed E-state index contributed by atoms with van der Waals surface area (Å²) in [5, 5.41) is 0. The largest absolute Gasteiger partial charge is 2.00 e. The number of hydrogen-bond acceptors (Lipinski definition) is 26. The SMILES string of the molecule is O=P([O-])([O-])C(N(CCN(C(P(=O)([O-])[O-])P(=O)([O-])[O-])C(P(=O)([O-])[O-])P(=O)([O-])[O-])C(P(=O)([O-])[O-])P(=O)([O-])[O-])P(=O)([O-])[O-].[Ca+2].[H-].[H-].[Na+].[Na+].[Na+].[Na+].[Na+].[Na+].[Na+].[Na+].[Na+].[Na+].[Na+].[Na+].[Na+].[Na+].[Na+].[Na+]. The maximum absolute atomic E-state index is 11.4. The maximum atomic E-state index is 11.4. The summed E-state index contributed by atoms with van der Waals surface area (Å²) in [4.78, 5) is 179. The zero-order valence-electron chi connectivity index (χ0n) is 36.7. The molecule has 0 saturated carbocycles. The van der Waals surface area contributed by atoms with Crippen molar-refractivity contribution in [1.29, 1.82) is 0 Å². The number of hydrogen-bond donors (Lipinski definition) is 0. The van der Waals surface area contributed by atoms with Crippen LogP contribution in [0.4, 0.5) is 0 Å². The first-order valence-electron chi connectivity index (χ1n) is 8.61. The Hall–Kier alpha value is 18.4. The molecule has 0 N–H and O–H groups in total. The van der Waals surface area contributed by atoms with E-state index in [-0.39, 0.29) is 514 Å². The van der Waals surface area contributed by atoms with Crippen molar-refractivity contribution in [3.63, 3.8) is 0 Å². The van der Waals surface area contributed by atoms with E-state index in [1.54, 1.807) is 0 Å². The molecule has 0 atom stereocenters. The van der Waals surface area contributed by atoms with Crippen LogP contribution in [0.3, 0.4) is 0 Å². The minimum atomic E-state index is -7.38. The summed E-state index contributed by atoms with van der Waals surface area (Å²) in [5.74, 6) is 0. The average Bonchev–Trinajstić information content (AvgIpc) is 2.48. The van der Waals surface area contributed by atoms with E-state index in [0.717, 1.165) is 0 Å². The molecule has 0 aromatic carbocycles. The summed E-state index contributed by atoms with van der Waals surface area (Å²) in [7, 11) is -59.0. The molecule has 246 valence electrons. The van der Waals surface area contributed by atoms with Crippen molar-refractivity contribution in [3.8, 4) is 0 Å². The van der Waals surface area contributed by atoms with Gasteiger partial charge in [0.2, 0.25) is 0 Å². The minimum absolute atomic E-state index is 0. The average molecular weight is 1150 g/mol. The van der Waals surface area contributed by atoms with Gasteiger partial charge < -0.3 is 118 Å².